The number of rotatable bonds is 4. The molecule has 0 fully saturated rings. The fourth-order valence-corrected chi connectivity index (χ4v) is 0.795. The van der Waals surface area contributed by atoms with Crippen molar-refractivity contribution in [1.29, 1.82) is 0 Å². The second-order valence-electron chi connectivity index (χ2n) is 2.30. The number of carbonyl (C=O) groups excluding carboxylic acids is 2. The summed E-state index contributed by atoms with van der Waals surface area (Å²) in [5.41, 5.74) is -0.472. The number of Topliss-reactive ketones (excluding diaryl/α,β-unsaturated/α-hetero) is 2. The van der Waals surface area contributed by atoms with E-state index in [1.807, 2.05) is 6.92 Å². The van der Waals surface area contributed by atoms with Gasteiger partial charge in [-0.05, 0) is 13.3 Å². The standard InChI is InChI=1S/C7H13O2P/c1-3-4-6(9)7(10)5(2)8/h7H,3-4,10H2,1-2H3. The molecule has 0 rings (SSSR count). The van der Waals surface area contributed by atoms with Crippen molar-refractivity contribution in [3.63, 3.8) is 0 Å². The predicted molar refractivity (Wildman–Crippen MR) is 44.1 cm³/mol. The molecule has 0 radical (unpaired) electrons. The zero-order chi connectivity index (χ0) is 8.15. The first-order chi connectivity index (χ1) is 4.59. The lowest BCUT2D eigenvalue weighted by atomic mass is 10.1. The summed E-state index contributed by atoms with van der Waals surface area (Å²) in [4.78, 5) is 21.6. The Bertz CT molecular complexity index is 143. The summed E-state index contributed by atoms with van der Waals surface area (Å²) in [5.74, 6) is -0.0385. The molecule has 0 aromatic carbocycles. The second kappa shape index (κ2) is 4.56. The summed E-state index contributed by atoms with van der Waals surface area (Å²) >= 11 is 0. The molecule has 0 aliphatic heterocycles. The molecule has 0 aromatic heterocycles. The Morgan fingerprint density at radius 2 is 2.00 bits per heavy atom. The summed E-state index contributed by atoms with van der Waals surface area (Å²) < 4.78 is 0. The van der Waals surface area contributed by atoms with E-state index in [2.05, 4.69) is 9.24 Å². The smallest absolute Gasteiger partial charge is 0.147 e. The molecular weight excluding hydrogens is 147 g/mol. The SMILES string of the molecule is CCCC(=O)C(P)C(C)=O. The molecule has 3 heteroatoms. The first-order valence-electron chi connectivity index (χ1n) is 3.38. The summed E-state index contributed by atoms with van der Waals surface area (Å²) in [6.07, 6.45) is 1.32. The quantitative estimate of drug-likeness (QED) is 0.457. The Morgan fingerprint density at radius 1 is 1.50 bits per heavy atom. The van der Waals surface area contributed by atoms with Crippen LogP contribution < -0.4 is 0 Å². The van der Waals surface area contributed by atoms with Gasteiger partial charge in [0.05, 0.1) is 5.66 Å². The minimum atomic E-state index is -0.472. The first kappa shape index (κ1) is 9.77. The maximum Gasteiger partial charge on any atom is 0.147 e. The van der Waals surface area contributed by atoms with E-state index in [0.29, 0.717) is 6.42 Å². The van der Waals surface area contributed by atoms with Gasteiger partial charge in [-0.1, -0.05) is 6.92 Å². The highest BCUT2D eigenvalue weighted by atomic mass is 31.0. The molecule has 0 bridgehead atoms. The lowest BCUT2D eigenvalue weighted by Gasteiger charge is -2.03. The zero-order valence-electron chi connectivity index (χ0n) is 6.39. The molecule has 0 aliphatic rings. The third kappa shape index (κ3) is 3.07. The van der Waals surface area contributed by atoms with Crippen molar-refractivity contribution in [2.75, 3.05) is 0 Å². The molecule has 2 atom stereocenters. The molecule has 0 heterocycles. The predicted octanol–water partition coefficient (Wildman–Crippen LogP) is 1.19. The summed E-state index contributed by atoms with van der Waals surface area (Å²) in [6, 6.07) is 0. The van der Waals surface area contributed by atoms with Crippen molar-refractivity contribution in [3.05, 3.63) is 0 Å². The van der Waals surface area contributed by atoms with Crippen LogP contribution in [0.4, 0.5) is 0 Å². The van der Waals surface area contributed by atoms with Gasteiger partial charge in [-0.25, -0.2) is 0 Å². The molecule has 0 amide bonds. The topological polar surface area (TPSA) is 34.1 Å². The van der Waals surface area contributed by atoms with Gasteiger partial charge in [0.15, 0.2) is 0 Å². The van der Waals surface area contributed by atoms with E-state index in [1.54, 1.807) is 0 Å². The Kier molecular flexibility index (Phi) is 4.46. The summed E-state index contributed by atoms with van der Waals surface area (Å²) in [5, 5.41) is 0. The first-order valence-corrected chi connectivity index (χ1v) is 4.05. The van der Waals surface area contributed by atoms with E-state index in [4.69, 9.17) is 0 Å². The van der Waals surface area contributed by atoms with E-state index < -0.39 is 5.66 Å². The van der Waals surface area contributed by atoms with Gasteiger partial charge >= 0.3 is 0 Å². The Labute approximate surface area is 63.6 Å². The van der Waals surface area contributed by atoms with Gasteiger partial charge in [0, 0.05) is 6.42 Å². The van der Waals surface area contributed by atoms with Gasteiger partial charge in [0.25, 0.3) is 0 Å². The van der Waals surface area contributed by atoms with Crippen molar-refractivity contribution in [2.24, 2.45) is 0 Å². The van der Waals surface area contributed by atoms with Crippen molar-refractivity contribution in [1.82, 2.24) is 0 Å². The van der Waals surface area contributed by atoms with E-state index in [9.17, 15) is 9.59 Å². The van der Waals surface area contributed by atoms with Gasteiger partial charge in [-0.2, -0.15) is 0 Å². The van der Waals surface area contributed by atoms with Gasteiger partial charge in [-0.3, -0.25) is 9.59 Å². The van der Waals surface area contributed by atoms with Crippen LogP contribution in [-0.2, 0) is 9.59 Å². The molecule has 58 valence electrons. The van der Waals surface area contributed by atoms with Crippen molar-refractivity contribution >= 4 is 20.8 Å². The van der Waals surface area contributed by atoms with Gasteiger partial charge < -0.3 is 0 Å². The third-order valence-corrected chi connectivity index (χ3v) is 2.12. The van der Waals surface area contributed by atoms with E-state index in [-0.39, 0.29) is 11.6 Å². The molecule has 2 nitrogen and oxygen atoms in total. The third-order valence-electron chi connectivity index (χ3n) is 1.28. The largest absolute Gasteiger partial charge is 0.299 e. The van der Waals surface area contributed by atoms with E-state index in [0.717, 1.165) is 6.42 Å². The van der Waals surface area contributed by atoms with Crippen LogP contribution in [0.2, 0.25) is 0 Å². The highest BCUT2D eigenvalue weighted by Crippen LogP contribution is 2.06. The molecule has 0 saturated heterocycles. The number of carbonyl (C=O) groups is 2. The van der Waals surface area contributed by atoms with E-state index >= 15 is 0 Å². The lowest BCUT2D eigenvalue weighted by molar-refractivity contribution is -0.125. The van der Waals surface area contributed by atoms with Crippen molar-refractivity contribution in [3.8, 4) is 0 Å². The average molecular weight is 160 g/mol. The molecular formula is C7H13O2P. The second-order valence-corrected chi connectivity index (χ2v) is 2.97. The fourth-order valence-electron chi connectivity index (χ4n) is 0.629. The van der Waals surface area contributed by atoms with Gasteiger partial charge in [0.1, 0.15) is 11.6 Å². The number of hydrogen-bond acceptors (Lipinski definition) is 2. The summed E-state index contributed by atoms with van der Waals surface area (Å²) in [7, 11) is 2.26. The Hall–Kier alpha value is -0.230. The fraction of sp³-hybridized carbons (Fsp3) is 0.714. The molecule has 0 spiro atoms. The van der Waals surface area contributed by atoms with Crippen LogP contribution in [0.15, 0.2) is 0 Å². The van der Waals surface area contributed by atoms with Gasteiger partial charge in [0.2, 0.25) is 0 Å². The highest BCUT2D eigenvalue weighted by molar-refractivity contribution is 7.21. The molecule has 10 heavy (non-hydrogen) atoms. The van der Waals surface area contributed by atoms with Crippen LogP contribution >= 0.6 is 9.24 Å². The Balaban J connectivity index is 3.82. The zero-order valence-corrected chi connectivity index (χ0v) is 7.54. The maximum atomic E-state index is 10.9. The van der Waals surface area contributed by atoms with Crippen LogP contribution in [0, 0.1) is 0 Å². The number of ketones is 2. The normalized spacial score (nSPS) is 12.7. The minimum absolute atomic E-state index is 0.0278. The highest BCUT2D eigenvalue weighted by Gasteiger charge is 2.15. The lowest BCUT2D eigenvalue weighted by Crippen LogP contribution is -2.20. The van der Waals surface area contributed by atoms with E-state index in [1.165, 1.54) is 6.92 Å². The number of hydrogen-bond donors (Lipinski definition) is 0. The van der Waals surface area contributed by atoms with Crippen molar-refractivity contribution < 1.29 is 9.59 Å². The van der Waals surface area contributed by atoms with Crippen molar-refractivity contribution in [2.45, 2.75) is 32.3 Å². The van der Waals surface area contributed by atoms with Crippen LogP contribution in [-0.4, -0.2) is 17.2 Å². The van der Waals surface area contributed by atoms with Crippen LogP contribution in [0.3, 0.4) is 0 Å². The Morgan fingerprint density at radius 3 is 2.30 bits per heavy atom. The average Bonchev–Trinajstić information content (AvgIpc) is 1.87. The monoisotopic (exact) mass is 160 g/mol. The molecule has 0 N–H and O–H groups in total. The summed E-state index contributed by atoms with van der Waals surface area (Å²) in [6.45, 7) is 3.36. The molecule has 0 saturated carbocycles. The maximum absolute atomic E-state index is 10.9. The van der Waals surface area contributed by atoms with Crippen LogP contribution in [0.25, 0.3) is 0 Å². The minimum Gasteiger partial charge on any atom is -0.299 e. The van der Waals surface area contributed by atoms with Gasteiger partial charge in [-0.15, -0.1) is 9.24 Å². The molecule has 0 aromatic rings. The molecule has 2 unspecified atom stereocenters. The van der Waals surface area contributed by atoms with Crippen LogP contribution in [0.1, 0.15) is 26.7 Å². The molecule has 0 aliphatic carbocycles. The van der Waals surface area contributed by atoms with Crippen LogP contribution in [0.5, 0.6) is 0 Å².